The van der Waals surface area contributed by atoms with Crippen molar-refractivity contribution in [1.82, 2.24) is 4.31 Å². The summed E-state index contributed by atoms with van der Waals surface area (Å²) >= 11 is 0. The van der Waals surface area contributed by atoms with Crippen LogP contribution in [0.5, 0.6) is 0 Å². The van der Waals surface area contributed by atoms with E-state index < -0.39 is 10.0 Å². The molecule has 1 N–H and O–H groups in total. The number of carbonyl (C=O) groups excluding carboxylic acids is 2. The molecule has 29 heavy (non-hydrogen) atoms. The van der Waals surface area contributed by atoms with E-state index in [1.54, 1.807) is 36.9 Å². The van der Waals surface area contributed by atoms with Crippen molar-refractivity contribution in [2.24, 2.45) is 0 Å². The van der Waals surface area contributed by atoms with E-state index in [-0.39, 0.29) is 22.8 Å². The summed E-state index contributed by atoms with van der Waals surface area (Å²) in [5.41, 5.74) is 1.55. The molecule has 2 aromatic carbocycles. The number of nitrogens with zero attached hydrogens (tertiary/aromatic N) is 2. The minimum absolute atomic E-state index is 0.0375. The second kappa shape index (κ2) is 8.34. The summed E-state index contributed by atoms with van der Waals surface area (Å²) in [6.45, 7) is 4.21. The van der Waals surface area contributed by atoms with Crippen LogP contribution in [0.15, 0.2) is 53.4 Å². The fourth-order valence-electron chi connectivity index (χ4n) is 3.13. The molecule has 2 aromatic rings. The average molecular weight is 416 g/mol. The smallest absolute Gasteiger partial charge is 0.255 e. The lowest BCUT2D eigenvalue weighted by molar-refractivity contribution is -0.117. The molecule has 1 aliphatic rings. The van der Waals surface area contributed by atoms with Crippen LogP contribution in [0.2, 0.25) is 0 Å². The monoisotopic (exact) mass is 415 g/mol. The Morgan fingerprint density at radius 2 is 1.76 bits per heavy atom. The van der Waals surface area contributed by atoms with E-state index in [1.807, 2.05) is 6.07 Å². The van der Waals surface area contributed by atoms with Gasteiger partial charge in [-0.2, -0.15) is 4.31 Å². The van der Waals surface area contributed by atoms with E-state index in [1.165, 1.54) is 35.6 Å². The van der Waals surface area contributed by atoms with Crippen molar-refractivity contribution in [1.29, 1.82) is 0 Å². The van der Waals surface area contributed by atoms with Gasteiger partial charge in [0.25, 0.3) is 5.91 Å². The number of anilines is 2. The van der Waals surface area contributed by atoms with Crippen molar-refractivity contribution in [3.05, 3.63) is 54.1 Å². The van der Waals surface area contributed by atoms with E-state index in [4.69, 9.17) is 0 Å². The summed E-state index contributed by atoms with van der Waals surface area (Å²) in [6, 6.07) is 12.8. The van der Waals surface area contributed by atoms with Crippen molar-refractivity contribution in [3.8, 4) is 0 Å². The maximum atomic E-state index is 12.7. The van der Waals surface area contributed by atoms with Gasteiger partial charge in [-0.15, -0.1) is 0 Å². The minimum Gasteiger partial charge on any atom is -0.320 e. The highest BCUT2D eigenvalue weighted by molar-refractivity contribution is 7.89. The lowest BCUT2D eigenvalue weighted by Gasteiger charge is -2.21. The number of hydrogen-bond acceptors (Lipinski definition) is 4. The molecule has 154 valence electrons. The summed E-state index contributed by atoms with van der Waals surface area (Å²) < 4.78 is 26.4. The predicted molar refractivity (Wildman–Crippen MR) is 113 cm³/mol. The molecule has 0 unspecified atom stereocenters. The second-order valence-corrected chi connectivity index (χ2v) is 9.26. The first-order valence-electron chi connectivity index (χ1n) is 9.50. The first-order valence-corrected chi connectivity index (χ1v) is 10.9. The molecule has 1 fully saturated rings. The van der Waals surface area contributed by atoms with Crippen LogP contribution in [0, 0.1) is 0 Å². The Morgan fingerprint density at radius 1 is 1.10 bits per heavy atom. The largest absolute Gasteiger partial charge is 0.320 e. The number of benzene rings is 2. The van der Waals surface area contributed by atoms with Crippen LogP contribution in [0.1, 0.15) is 37.0 Å². The van der Waals surface area contributed by atoms with Gasteiger partial charge in [0, 0.05) is 31.6 Å². The lowest BCUT2D eigenvalue weighted by atomic mass is 10.2. The molecule has 1 heterocycles. The molecule has 0 bridgehead atoms. The van der Waals surface area contributed by atoms with Crippen molar-refractivity contribution >= 4 is 33.2 Å². The molecule has 0 aromatic heterocycles. The fourth-order valence-corrected chi connectivity index (χ4v) is 4.50. The van der Waals surface area contributed by atoms with E-state index in [0.717, 1.165) is 6.42 Å². The van der Waals surface area contributed by atoms with E-state index in [2.05, 4.69) is 5.32 Å². The number of para-hydroxylation sites is 2. The van der Waals surface area contributed by atoms with Crippen LogP contribution in [-0.4, -0.2) is 44.2 Å². The molecular formula is C21H25N3O4S. The maximum Gasteiger partial charge on any atom is 0.255 e. The van der Waals surface area contributed by atoms with E-state index in [9.17, 15) is 18.0 Å². The van der Waals surface area contributed by atoms with Gasteiger partial charge in [0.2, 0.25) is 15.9 Å². The van der Waals surface area contributed by atoms with Crippen LogP contribution in [0.4, 0.5) is 11.4 Å². The summed E-state index contributed by atoms with van der Waals surface area (Å²) in [7, 11) is -2.08. The third-order valence-electron chi connectivity index (χ3n) is 5.04. The summed E-state index contributed by atoms with van der Waals surface area (Å²) in [5, 5.41) is 2.83. The first-order chi connectivity index (χ1) is 13.7. The van der Waals surface area contributed by atoms with Crippen LogP contribution in [0.3, 0.4) is 0 Å². The molecule has 0 saturated carbocycles. The standard InChI is InChI=1S/C21H25N3O4S/c1-15(2)23(3)29(27,28)17-12-10-16(11-13-17)21(26)22-18-7-4-5-8-19(18)24-14-6-9-20(24)25/h4-5,7-8,10-13,15H,6,9,14H2,1-3H3,(H,22,26). The van der Waals surface area contributed by atoms with E-state index >= 15 is 0 Å². The Hall–Kier alpha value is -2.71. The molecule has 0 aliphatic carbocycles. The molecule has 1 saturated heterocycles. The number of sulfonamides is 1. The normalized spacial score (nSPS) is 14.7. The zero-order chi connectivity index (χ0) is 21.2. The Labute approximate surface area is 171 Å². The molecule has 2 amide bonds. The third kappa shape index (κ3) is 4.33. The van der Waals surface area contributed by atoms with Crippen LogP contribution in [-0.2, 0) is 14.8 Å². The van der Waals surface area contributed by atoms with Crippen LogP contribution < -0.4 is 10.2 Å². The highest BCUT2D eigenvalue weighted by atomic mass is 32.2. The Bertz CT molecular complexity index is 1020. The second-order valence-electron chi connectivity index (χ2n) is 7.26. The van der Waals surface area contributed by atoms with Crippen LogP contribution in [0.25, 0.3) is 0 Å². The Kier molecular flexibility index (Phi) is 6.04. The lowest BCUT2D eigenvalue weighted by Crippen LogP contribution is -2.33. The maximum absolute atomic E-state index is 12.7. The Morgan fingerprint density at radius 3 is 2.34 bits per heavy atom. The molecule has 8 heteroatoms. The zero-order valence-electron chi connectivity index (χ0n) is 16.8. The number of rotatable bonds is 6. The molecule has 0 atom stereocenters. The van der Waals surface area contributed by atoms with Crippen molar-refractivity contribution in [3.63, 3.8) is 0 Å². The molecule has 7 nitrogen and oxygen atoms in total. The van der Waals surface area contributed by atoms with Crippen molar-refractivity contribution < 1.29 is 18.0 Å². The highest BCUT2D eigenvalue weighted by Crippen LogP contribution is 2.29. The summed E-state index contributed by atoms with van der Waals surface area (Å²) in [5.74, 6) is -0.333. The van der Waals surface area contributed by atoms with Gasteiger partial charge < -0.3 is 10.2 Å². The molecule has 1 aliphatic heterocycles. The third-order valence-corrected chi connectivity index (χ3v) is 7.08. The van der Waals surface area contributed by atoms with Gasteiger partial charge >= 0.3 is 0 Å². The predicted octanol–water partition coefficient (Wildman–Crippen LogP) is 3.09. The van der Waals surface area contributed by atoms with Gasteiger partial charge in [-0.25, -0.2) is 8.42 Å². The van der Waals surface area contributed by atoms with Crippen LogP contribution >= 0.6 is 0 Å². The minimum atomic E-state index is -3.61. The highest BCUT2D eigenvalue weighted by Gasteiger charge is 2.25. The fraction of sp³-hybridized carbons (Fsp3) is 0.333. The van der Waals surface area contributed by atoms with Gasteiger partial charge in [0.15, 0.2) is 0 Å². The Balaban J connectivity index is 1.80. The molecular weight excluding hydrogens is 390 g/mol. The summed E-state index contributed by atoms with van der Waals surface area (Å²) in [6.07, 6.45) is 1.30. The van der Waals surface area contributed by atoms with Gasteiger partial charge in [-0.1, -0.05) is 12.1 Å². The van der Waals surface area contributed by atoms with Gasteiger partial charge in [-0.3, -0.25) is 9.59 Å². The van der Waals surface area contributed by atoms with Crippen molar-refractivity contribution in [2.45, 2.75) is 37.6 Å². The summed E-state index contributed by atoms with van der Waals surface area (Å²) in [4.78, 5) is 26.6. The van der Waals surface area contributed by atoms with E-state index in [0.29, 0.717) is 29.9 Å². The SMILES string of the molecule is CC(C)N(C)S(=O)(=O)c1ccc(C(=O)Nc2ccccc2N2CCCC2=O)cc1. The molecule has 0 radical (unpaired) electrons. The van der Waals surface area contributed by atoms with Gasteiger partial charge in [-0.05, 0) is 56.7 Å². The number of carbonyl (C=O) groups is 2. The average Bonchev–Trinajstić information content (AvgIpc) is 3.13. The zero-order valence-corrected chi connectivity index (χ0v) is 17.6. The van der Waals surface area contributed by atoms with Gasteiger partial charge in [0.05, 0.1) is 16.3 Å². The number of nitrogens with one attached hydrogen (secondary N) is 1. The first kappa shape index (κ1) is 21.0. The van der Waals surface area contributed by atoms with Gasteiger partial charge in [0.1, 0.15) is 0 Å². The number of amides is 2. The van der Waals surface area contributed by atoms with Crippen molar-refractivity contribution in [2.75, 3.05) is 23.8 Å². The topological polar surface area (TPSA) is 86.8 Å². The quantitative estimate of drug-likeness (QED) is 0.785. The number of hydrogen-bond donors (Lipinski definition) is 1. The molecule has 0 spiro atoms. The molecule has 3 rings (SSSR count).